The van der Waals surface area contributed by atoms with Crippen LogP contribution >= 0.6 is 0 Å². The van der Waals surface area contributed by atoms with Gasteiger partial charge in [0.15, 0.2) is 9.84 Å². The first-order valence-electron chi connectivity index (χ1n) is 9.51. The van der Waals surface area contributed by atoms with Gasteiger partial charge in [0.05, 0.1) is 29.9 Å². The van der Waals surface area contributed by atoms with Gasteiger partial charge in [0, 0.05) is 13.1 Å². The van der Waals surface area contributed by atoms with E-state index in [-0.39, 0.29) is 29.7 Å². The van der Waals surface area contributed by atoms with Gasteiger partial charge in [-0.2, -0.15) is 0 Å². The molecule has 0 bridgehead atoms. The van der Waals surface area contributed by atoms with Crippen molar-refractivity contribution in [3.8, 4) is 5.75 Å². The molecule has 30 heavy (non-hydrogen) atoms. The van der Waals surface area contributed by atoms with Gasteiger partial charge in [-0.3, -0.25) is 4.79 Å². The topological polar surface area (TPSA) is 111 Å². The summed E-state index contributed by atoms with van der Waals surface area (Å²) >= 11 is 0. The number of sulfone groups is 1. The summed E-state index contributed by atoms with van der Waals surface area (Å²) in [7, 11) is -2.01. The Labute approximate surface area is 176 Å². The average Bonchev–Trinajstić information content (AvgIpc) is 2.74. The molecule has 2 aromatic carbocycles. The van der Waals surface area contributed by atoms with Crippen LogP contribution in [0.25, 0.3) is 0 Å². The second-order valence-corrected chi connectivity index (χ2v) is 8.43. The lowest BCUT2D eigenvalue weighted by Crippen LogP contribution is -2.29. The minimum Gasteiger partial charge on any atom is -0.496 e. The molecular formula is C21H26N2O6S. The summed E-state index contributed by atoms with van der Waals surface area (Å²) in [4.78, 5) is 23.7. The summed E-state index contributed by atoms with van der Waals surface area (Å²) in [5.41, 5.74) is 1.34. The smallest absolute Gasteiger partial charge is 0.407 e. The Bertz CT molecular complexity index is 958. The highest BCUT2D eigenvalue weighted by Gasteiger charge is 2.15. The average molecular weight is 435 g/mol. The third-order valence-corrected chi connectivity index (χ3v) is 5.98. The highest BCUT2D eigenvalue weighted by atomic mass is 32.2. The van der Waals surface area contributed by atoms with Crippen molar-refractivity contribution in [2.75, 3.05) is 32.6 Å². The second kappa shape index (κ2) is 11.2. The third kappa shape index (κ3) is 6.77. The first kappa shape index (κ1) is 23.2. The number of carbonyl (C=O) groups is 2. The molecule has 2 rings (SSSR count). The fourth-order valence-electron chi connectivity index (χ4n) is 2.70. The van der Waals surface area contributed by atoms with E-state index >= 15 is 0 Å². The summed E-state index contributed by atoms with van der Waals surface area (Å²) in [5.74, 6) is 0.0443. The number of carbonyl (C=O) groups excluding carboxylic acids is 2. The molecule has 162 valence electrons. The lowest BCUT2D eigenvalue weighted by molar-refractivity contribution is 0.0951. The molecule has 0 aromatic heterocycles. The van der Waals surface area contributed by atoms with E-state index in [1.165, 1.54) is 19.2 Å². The molecule has 0 aliphatic rings. The van der Waals surface area contributed by atoms with Gasteiger partial charge in [0.2, 0.25) is 0 Å². The molecule has 0 aliphatic heterocycles. The molecule has 0 heterocycles. The number of rotatable bonds is 10. The molecule has 9 heteroatoms. The summed E-state index contributed by atoms with van der Waals surface area (Å²) < 4.78 is 34.6. The molecule has 2 amide bonds. The van der Waals surface area contributed by atoms with Crippen LogP contribution in [0.4, 0.5) is 4.79 Å². The van der Waals surface area contributed by atoms with Gasteiger partial charge in [-0.05, 0) is 43.2 Å². The van der Waals surface area contributed by atoms with Crippen LogP contribution < -0.4 is 15.4 Å². The van der Waals surface area contributed by atoms with E-state index in [1.54, 1.807) is 43.3 Å². The number of ether oxygens (including phenoxy) is 2. The van der Waals surface area contributed by atoms with E-state index < -0.39 is 15.9 Å². The van der Waals surface area contributed by atoms with E-state index in [2.05, 4.69) is 10.6 Å². The first-order chi connectivity index (χ1) is 14.4. The van der Waals surface area contributed by atoms with E-state index in [9.17, 15) is 18.0 Å². The molecular weight excluding hydrogens is 408 g/mol. The normalized spacial score (nSPS) is 10.9. The van der Waals surface area contributed by atoms with Gasteiger partial charge in [0.25, 0.3) is 5.91 Å². The zero-order valence-corrected chi connectivity index (χ0v) is 17.8. The molecule has 0 aliphatic carbocycles. The summed E-state index contributed by atoms with van der Waals surface area (Å²) in [6.45, 7) is 2.26. The van der Waals surface area contributed by atoms with Crippen LogP contribution in [0.5, 0.6) is 5.75 Å². The number of nitrogens with one attached hydrogen (secondary N) is 2. The fraction of sp³-hybridized carbons (Fsp3) is 0.333. The maximum atomic E-state index is 12.3. The SMILES string of the molecule is CCOC(=O)NCCS(=O)(=O)c1ccc(CCNC(=O)c2ccccc2OC)cc1. The van der Waals surface area contributed by atoms with Crippen molar-refractivity contribution < 1.29 is 27.5 Å². The molecule has 0 fully saturated rings. The van der Waals surface area contributed by atoms with E-state index in [4.69, 9.17) is 9.47 Å². The Kier molecular flexibility index (Phi) is 8.67. The van der Waals surface area contributed by atoms with Crippen molar-refractivity contribution in [3.05, 3.63) is 59.7 Å². The quantitative estimate of drug-likeness (QED) is 0.593. The lowest BCUT2D eigenvalue weighted by atomic mass is 10.1. The van der Waals surface area contributed by atoms with Gasteiger partial charge in [-0.25, -0.2) is 13.2 Å². The zero-order chi connectivity index (χ0) is 22.0. The fourth-order valence-corrected chi connectivity index (χ4v) is 3.86. The molecule has 0 atom stereocenters. The number of alkyl carbamates (subject to hydrolysis) is 1. The summed E-state index contributed by atoms with van der Waals surface area (Å²) in [6.07, 6.45) is -0.0933. The molecule has 8 nitrogen and oxygen atoms in total. The van der Waals surface area contributed by atoms with Crippen molar-refractivity contribution in [1.82, 2.24) is 10.6 Å². The number of para-hydroxylation sites is 1. The Morgan fingerprint density at radius 1 is 0.967 bits per heavy atom. The molecule has 0 radical (unpaired) electrons. The van der Waals surface area contributed by atoms with Crippen molar-refractivity contribution >= 4 is 21.8 Å². The maximum absolute atomic E-state index is 12.3. The van der Waals surface area contributed by atoms with Crippen LogP contribution in [0.15, 0.2) is 53.4 Å². The van der Waals surface area contributed by atoms with Crippen LogP contribution in [-0.2, 0) is 21.0 Å². The Balaban J connectivity index is 1.85. The Hall–Kier alpha value is -3.07. The zero-order valence-electron chi connectivity index (χ0n) is 17.0. The monoisotopic (exact) mass is 434 g/mol. The Morgan fingerprint density at radius 2 is 1.67 bits per heavy atom. The number of hydrogen-bond acceptors (Lipinski definition) is 6. The van der Waals surface area contributed by atoms with Gasteiger partial charge < -0.3 is 20.1 Å². The molecule has 0 saturated carbocycles. The predicted octanol–water partition coefficient (Wildman–Crippen LogP) is 2.19. The van der Waals surface area contributed by atoms with Crippen LogP contribution in [0.1, 0.15) is 22.8 Å². The maximum Gasteiger partial charge on any atom is 0.407 e. The molecule has 0 spiro atoms. The third-order valence-electron chi connectivity index (χ3n) is 4.25. The van der Waals surface area contributed by atoms with Gasteiger partial charge in [0.1, 0.15) is 5.75 Å². The van der Waals surface area contributed by atoms with Crippen LogP contribution in [0, 0.1) is 0 Å². The first-order valence-corrected chi connectivity index (χ1v) is 11.2. The van der Waals surface area contributed by atoms with Crippen molar-refractivity contribution in [1.29, 1.82) is 0 Å². The van der Waals surface area contributed by atoms with Gasteiger partial charge in [-0.1, -0.05) is 24.3 Å². The number of amides is 2. The van der Waals surface area contributed by atoms with Crippen molar-refractivity contribution in [2.24, 2.45) is 0 Å². The van der Waals surface area contributed by atoms with E-state index in [0.29, 0.717) is 24.3 Å². The van der Waals surface area contributed by atoms with Crippen molar-refractivity contribution in [3.63, 3.8) is 0 Å². The van der Waals surface area contributed by atoms with Crippen LogP contribution in [0.3, 0.4) is 0 Å². The molecule has 0 saturated heterocycles. The summed E-state index contributed by atoms with van der Waals surface area (Å²) in [5, 5.41) is 5.22. The minimum atomic E-state index is -3.52. The van der Waals surface area contributed by atoms with Gasteiger partial charge in [-0.15, -0.1) is 0 Å². The highest BCUT2D eigenvalue weighted by Crippen LogP contribution is 2.17. The van der Waals surface area contributed by atoms with Crippen molar-refractivity contribution in [2.45, 2.75) is 18.2 Å². The Morgan fingerprint density at radius 3 is 2.33 bits per heavy atom. The number of benzene rings is 2. The second-order valence-electron chi connectivity index (χ2n) is 6.32. The van der Waals surface area contributed by atoms with E-state index in [1.807, 2.05) is 0 Å². The molecule has 2 N–H and O–H groups in total. The number of hydrogen-bond donors (Lipinski definition) is 2. The highest BCUT2D eigenvalue weighted by molar-refractivity contribution is 7.91. The van der Waals surface area contributed by atoms with Crippen LogP contribution in [-0.4, -0.2) is 53.0 Å². The largest absolute Gasteiger partial charge is 0.496 e. The lowest BCUT2D eigenvalue weighted by Gasteiger charge is -2.10. The predicted molar refractivity (Wildman–Crippen MR) is 113 cm³/mol. The minimum absolute atomic E-state index is 0.0299. The number of methoxy groups -OCH3 is 1. The molecule has 0 unspecified atom stereocenters. The van der Waals surface area contributed by atoms with Gasteiger partial charge >= 0.3 is 6.09 Å². The van der Waals surface area contributed by atoms with Crippen LogP contribution in [0.2, 0.25) is 0 Å². The van der Waals surface area contributed by atoms with E-state index in [0.717, 1.165) is 5.56 Å². The standard InChI is InChI=1S/C21H26N2O6S/c1-3-29-21(25)23-14-15-30(26,27)17-10-8-16(9-11-17)12-13-22-20(24)18-6-4-5-7-19(18)28-2/h4-11H,3,12-15H2,1-2H3,(H,22,24)(H,23,25). The summed E-state index contributed by atoms with van der Waals surface area (Å²) in [6, 6.07) is 13.4. The molecule has 2 aromatic rings.